The number of carbonyl (C=O) groups is 2. The first-order valence-electron chi connectivity index (χ1n) is 3.60. The summed E-state index contributed by atoms with van der Waals surface area (Å²) in [6, 6.07) is 1.70. The Kier molecular flexibility index (Phi) is 3.02. The van der Waals surface area contributed by atoms with Gasteiger partial charge in [0.1, 0.15) is 0 Å². The van der Waals surface area contributed by atoms with Gasteiger partial charge in [0.15, 0.2) is 0 Å². The first-order valence-corrected chi connectivity index (χ1v) is 4.54. The number of hydrogen-bond acceptors (Lipinski definition) is 4. The third kappa shape index (κ3) is 2.55. The average molecular weight is 199 g/mol. The quantitative estimate of drug-likeness (QED) is 0.733. The van der Waals surface area contributed by atoms with Crippen LogP contribution in [0.15, 0.2) is 16.8 Å². The zero-order chi connectivity index (χ0) is 9.84. The standard InChI is InChI=1S/C8H9NO3S/c1-5(10)12-7(8(9)11)6-2-3-13-4-6/h2-4,7H,1H3,(H2,9,11). The van der Waals surface area contributed by atoms with Gasteiger partial charge >= 0.3 is 5.97 Å². The van der Waals surface area contributed by atoms with Gasteiger partial charge < -0.3 is 10.5 Å². The number of carbonyl (C=O) groups excluding carboxylic acids is 2. The first-order chi connectivity index (χ1) is 6.11. The normalized spacial score (nSPS) is 12.1. The van der Waals surface area contributed by atoms with E-state index in [9.17, 15) is 9.59 Å². The molecule has 0 bridgehead atoms. The molecule has 4 nitrogen and oxygen atoms in total. The molecule has 0 radical (unpaired) electrons. The van der Waals surface area contributed by atoms with E-state index in [2.05, 4.69) is 0 Å². The van der Waals surface area contributed by atoms with Crippen LogP contribution in [0.2, 0.25) is 0 Å². The number of rotatable bonds is 3. The van der Waals surface area contributed by atoms with Crippen LogP contribution >= 0.6 is 11.3 Å². The van der Waals surface area contributed by atoms with Crippen LogP contribution in [-0.4, -0.2) is 11.9 Å². The van der Waals surface area contributed by atoms with Crippen LogP contribution in [0.4, 0.5) is 0 Å². The van der Waals surface area contributed by atoms with Crippen LogP contribution in [0.3, 0.4) is 0 Å². The number of primary amides is 1. The summed E-state index contributed by atoms with van der Waals surface area (Å²) < 4.78 is 4.75. The molecule has 1 amide bonds. The second kappa shape index (κ2) is 4.04. The lowest BCUT2D eigenvalue weighted by atomic mass is 10.2. The average Bonchev–Trinajstić information content (AvgIpc) is 2.50. The zero-order valence-corrected chi connectivity index (χ0v) is 7.84. The zero-order valence-electron chi connectivity index (χ0n) is 7.02. The SMILES string of the molecule is CC(=O)OC(C(N)=O)c1ccsc1. The molecule has 0 aliphatic rings. The van der Waals surface area contributed by atoms with Crippen LogP contribution in [-0.2, 0) is 14.3 Å². The number of esters is 1. The minimum Gasteiger partial charge on any atom is -0.447 e. The summed E-state index contributed by atoms with van der Waals surface area (Å²) in [5, 5.41) is 3.51. The van der Waals surface area contributed by atoms with E-state index in [1.54, 1.807) is 16.8 Å². The van der Waals surface area contributed by atoms with Gasteiger partial charge in [0.05, 0.1) is 0 Å². The van der Waals surface area contributed by atoms with Gasteiger partial charge in [-0.2, -0.15) is 11.3 Å². The maximum absolute atomic E-state index is 10.9. The lowest BCUT2D eigenvalue weighted by Crippen LogP contribution is -2.24. The molecule has 2 N–H and O–H groups in total. The Balaban J connectivity index is 2.81. The van der Waals surface area contributed by atoms with Gasteiger partial charge in [-0.3, -0.25) is 9.59 Å². The van der Waals surface area contributed by atoms with Crippen molar-refractivity contribution in [3.63, 3.8) is 0 Å². The summed E-state index contributed by atoms with van der Waals surface area (Å²) >= 11 is 1.41. The van der Waals surface area contributed by atoms with Gasteiger partial charge in [-0.15, -0.1) is 0 Å². The summed E-state index contributed by atoms with van der Waals surface area (Å²) in [4.78, 5) is 21.5. The molecule has 1 atom stereocenters. The van der Waals surface area contributed by atoms with E-state index in [0.717, 1.165) is 0 Å². The van der Waals surface area contributed by atoms with Crippen molar-refractivity contribution < 1.29 is 14.3 Å². The van der Waals surface area contributed by atoms with Crippen LogP contribution in [0.5, 0.6) is 0 Å². The molecule has 0 spiro atoms. The number of ether oxygens (including phenoxy) is 1. The third-order valence-electron chi connectivity index (χ3n) is 1.39. The molecule has 1 rings (SSSR count). The highest BCUT2D eigenvalue weighted by molar-refractivity contribution is 7.08. The molecule has 0 saturated heterocycles. The highest BCUT2D eigenvalue weighted by Gasteiger charge is 2.20. The maximum atomic E-state index is 10.9. The Labute approximate surface area is 79.3 Å². The van der Waals surface area contributed by atoms with Gasteiger partial charge in [0.25, 0.3) is 5.91 Å². The Morgan fingerprint density at radius 2 is 2.31 bits per heavy atom. The van der Waals surface area contributed by atoms with Crippen molar-refractivity contribution >= 4 is 23.2 Å². The fourth-order valence-electron chi connectivity index (χ4n) is 0.881. The van der Waals surface area contributed by atoms with Crippen molar-refractivity contribution in [3.8, 4) is 0 Å². The van der Waals surface area contributed by atoms with E-state index in [1.807, 2.05) is 0 Å². The molecule has 13 heavy (non-hydrogen) atoms. The second-order valence-electron chi connectivity index (χ2n) is 2.45. The van der Waals surface area contributed by atoms with Gasteiger partial charge in [-0.05, 0) is 16.8 Å². The molecule has 0 fully saturated rings. The Bertz CT molecular complexity index is 307. The van der Waals surface area contributed by atoms with Gasteiger partial charge in [-0.25, -0.2) is 0 Å². The monoisotopic (exact) mass is 199 g/mol. The highest BCUT2D eigenvalue weighted by atomic mass is 32.1. The van der Waals surface area contributed by atoms with Gasteiger partial charge in [0, 0.05) is 12.5 Å². The molecule has 70 valence electrons. The van der Waals surface area contributed by atoms with Crippen molar-refractivity contribution in [1.82, 2.24) is 0 Å². The van der Waals surface area contributed by atoms with Crippen molar-refractivity contribution in [2.24, 2.45) is 5.73 Å². The molecule has 0 aromatic carbocycles. The van der Waals surface area contributed by atoms with E-state index in [4.69, 9.17) is 10.5 Å². The summed E-state index contributed by atoms with van der Waals surface area (Å²) in [6.07, 6.45) is -0.955. The van der Waals surface area contributed by atoms with E-state index in [0.29, 0.717) is 5.56 Å². The predicted octanol–water partition coefficient (Wildman–Crippen LogP) is 0.838. The van der Waals surface area contributed by atoms with Crippen LogP contribution in [0.1, 0.15) is 18.6 Å². The lowest BCUT2D eigenvalue weighted by Gasteiger charge is -2.11. The van der Waals surface area contributed by atoms with Crippen molar-refractivity contribution in [2.75, 3.05) is 0 Å². The molecular weight excluding hydrogens is 190 g/mol. The molecule has 5 heteroatoms. The molecule has 0 aliphatic carbocycles. The van der Waals surface area contributed by atoms with Crippen LogP contribution in [0.25, 0.3) is 0 Å². The minimum absolute atomic E-state index is 0.519. The van der Waals surface area contributed by atoms with E-state index >= 15 is 0 Å². The van der Waals surface area contributed by atoms with Crippen molar-refractivity contribution in [1.29, 1.82) is 0 Å². The Hall–Kier alpha value is -1.36. The molecule has 1 unspecified atom stereocenters. The van der Waals surface area contributed by atoms with E-state index in [-0.39, 0.29) is 0 Å². The maximum Gasteiger partial charge on any atom is 0.303 e. The Morgan fingerprint density at radius 1 is 1.62 bits per heavy atom. The molecular formula is C8H9NO3S. The number of thiophene rings is 1. The van der Waals surface area contributed by atoms with Gasteiger partial charge in [-0.1, -0.05) is 0 Å². The van der Waals surface area contributed by atoms with Crippen molar-refractivity contribution in [2.45, 2.75) is 13.0 Å². The lowest BCUT2D eigenvalue weighted by molar-refractivity contribution is -0.153. The fourth-order valence-corrected chi connectivity index (χ4v) is 1.55. The topological polar surface area (TPSA) is 69.4 Å². The number of hydrogen-bond donors (Lipinski definition) is 1. The molecule has 0 saturated carbocycles. The summed E-state index contributed by atoms with van der Waals surface area (Å²) in [5.41, 5.74) is 5.68. The number of nitrogens with two attached hydrogens (primary N) is 1. The van der Waals surface area contributed by atoms with Gasteiger partial charge in [0.2, 0.25) is 6.10 Å². The number of amides is 1. The minimum atomic E-state index is -0.955. The molecule has 0 aliphatic heterocycles. The largest absolute Gasteiger partial charge is 0.447 e. The fraction of sp³-hybridized carbons (Fsp3) is 0.250. The highest BCUT2D eigenvalue weighted by Crippen LogP contribution is 2.19. The van der Waals surface area contributed by atoms with E-state index < -0.39 is 18.0 Å². The predicted molar refractivity (Wildman–Crippen MR) is 48.0 cm³/mol. The smallest absolute Gasteiger partial charge is 0.303 e. The second-order valence-corrected chi connectivity index (χ2v) is 3.23. The molecule has 1 aromatic rings. The third-order valence-corrected chi connectivity index (χ3v) is 2.09. The van der Waals surface area contributed by atoms with Crippen LogP contribution < -0.4 is 5.73 Å². The Morgan fingerprint density at radius 3 is 2.69 bits per heavy atom. The summed E-state index contributed by atoms with van der Waals surface area (Å²) in [6.45, 7) is 1.24. The van der Waals surface area contributed by atoms with E-state index in [1.165, 1.54) is 18.3 Å². The van der Waals surface area contributed by atoms with Crippen LogP contribution in [0, 0.1) is 0 Å². The summed E-state index contributed by atoms with van der Waals surface area (Å²) in [5.74, 6) is -1.18. The summed E-state index contributed by atoms with van der Waals surface area (Å²) in [7, 11) is 0. The van der Waals surface area contributed by atoms with Crippen molar-refractivity contribution in [3.05, 3.63) is 22.4 Å². The molecule has 1 aromatic heterocycles. The molecule has 1 heterocycles. The first kappa shape index (κ1) is 9.73.